The van der Waals surface area contributed by atoms with Crippen molar-refractivity contribution in [2.24, 2.45) is 0 Å². The quantitative estimate of drug-likeness (QED) is 0.531. The average Bonchev–Trinajstić information content (AvgIpc) is 2.10. The van der Waals surface area contributed by atoms with Crippen molar-refractivity contribution in [3.8, 4) is 0 Å². The molecule has 0 aromatic carbocycles. The van der Waals surface area contributed by atoms with Gasteiger partial charge in [-0.1, -0.05) is 0 Å². The summed E-state index contributed by atoms with van der Waals surface area (Å²) in [6.07, 6.45) is 0.321. The van der Waals surface area contributed by atoms with Gasteiger partial charge in [-0.05, 0) is 27.7 Å². The number of carbonyl (C=O) groups is 2. The number of rotatable bonds is 6. The molecule has 0 unspecified atom stereocenters. The van der Waals surface area contributed by atoms with Gasteiger partial charge in [-0.3, -0.25) is 9.59 Å². The van der Waals surface area contributed by atoms with Crippen LogP contribution in [-0.4, -0.2) is 35.7 Å². The van der Waals surface area contributed by atoms with E-state index in [4.69, 9.17) is 9.47 Å². The molecule has 0 saturated heterocycles. The summed E-state index contributed by atoms with van der Waals surface area (Å²) in [5, 5.41) is 0. The van der Waals surface area contributed by atoms with Crippen LogP contribution in [0.25, 0.3) is 0 Å². The highest BCUT2D eigenvalue weighted by Gasteiger charge is 2.15. The second kappa shape index (κ2) is 7.54. The SMILES string of the molecule is CCOC(=O)CSCCC(=O)OC(C)(C)C. The van der Waals surface area contributed by atoms with Gasteiger partial charge in [0, 0.05) is 5.75 Å². The lowest BCUT2D eigenvalue weighted by molar-refractivity contribution is -0.154. The van der Waals surface area contributed by atoms with Crippen LogP contribution < -0.4 is 0 Å². The lowest BCUT2D eigenvalue weighted by atomic mass is 10.2. The lowest BCUT2D eigenvalue weighted by Gasteiger charge is -2.19. The van der Waals surface area contributed by atoms with Crippen molar-refractivity contribution < 1.29 is 19.1 Å². The minimum atomic E-state index is -0.442. The number of ether oxygens (including phenoxy) is 2. The van der Waals surface area contributed by atoms with Gasteiger partial charge < -0.3 is 9.47 Å². The molecule has 16 heavy (non-hydrogen) atoms. The van der Waals surface area contributed by atoms with Crippen LogP contribution in [0.2, 0.25) is 0 Å². The van der Waals surface area contributed by atoms with Gasteiger partial charge in [-0.25, -0.2) is 0 Å². The molecule has 0 aromatic heterocycles. The molecule has 0 N–H and O–H groups in total. The van der Waals surface area contributed by atoms with Crippen LogP contribution in [0.5, 0.6) is 0 Å². The Morgan fingerprint density at radius 1 is 1.19 bits per heavy atom. The second-order valence-corrected chi connectivity index (χ2v) is 5.30. The zero-order valence-electron chi connectivity index (χ0n) is 10.4. The van der Waals surface area contributed by atoms with E-state index < -0.39 is 5.60 Å². The standard InChI is InChI=1S/C11H20O4S/c1-5-14-10(13)8-16-7-6-9(12)15-11(2,3)4/h5-8H2,1-4H3. The van der Waals surface area contributed by atoms with Crippen LogP contribution in [0.15, 0.2) is 0 Å². The van der Waals surface area contributed by atoms with E-state index in [2.05, 4.69) is 0 Å². The number of thioether (sulfide) groups is 1. The Morgan fingerprint density at radius 2 is 1.81 bits per heavy atom. The first-order valence-electron chi connectivity index (χ1n) is 5.30. The van der Waals surface area contributed by atoms with Crippen molar-refractivity contribution in [3.05, 3.63) is 0 Å². The summed E-state index contributed by atoms with van der Waals surface area (Å²) in [7, 11) is 0. The average molecular weight is 248 g/mol. The summed E-state index contributed by atoms with van der Waals surface area (Å²) < 4.78 is 9.88. The van der Waals surface area contributed by atoms with E-state index in [1.54, 1.807) is 6.92 Å². The van der Waals surface area contributed by atoms with Crippen LogP contribution >= 0.6 is 11.8 Å². The summed E-state index contributed by atoms with van der Waals surface area (Å²) >= 11 is 1.38. The zero-order valence-corrected chi connectivity index (χ0v) is 11.2. The Labute approximate surface area is 101 Å². The van der Waals surface area contributed by atoms with Crippen molar-refractivity contribution in [2.45, 2.75) is 39.7 Å². The Hall–Kier alpha value is -0.710. The Kier molecular flexibility index (Phi) is 7.21. The molecule has 0 fully saturated rings. The lowest BCUT2D eigenvalue weighted by Crippen LogP contribution is -2.24. The minimum Gasteiger partial charge on any atom is -0.465 e. The molecule has 0 aliphatic carbocycles. The highest BCUT2D eigenvalue weighted by atomic mass is 32.2. The summed E-state index contributed by atoms with van der Waals surface area (Å²) in [6, 6.07) is 0. The summed E-state index contributed by atoms with van der Waals surface area (Å²) in [5.41, 5.74) is -0.442. The van der Waals surface area contributed by atoms with E-state index in [1.807, 2.05) is 20.8 Å². The summed E-state index contributed by atoms with van der Waals surface area (Å²) in [5.74, 6) is 0.394. The monoisotopic (exact) mass is 248 g/mol. The summed E-state index contributed by atoms with van der Waals surface area (Å²) in [4.78, 5) is 22.2. The van der Waals surface area contributed by atoms with Gasteiger partial charge in [0.25, 0.3) is 0 Å². The van der Waals surface area contributed by atoms with E-state index in [0.717, 1.165) is 0 Å². The third-order valence-corrected chi connectivity index (χ3v) is 2.33. The van der Waals surface area contributed by atoms with E-state index in [0.29, 0.717) is 18.8 Å². The molecule has 0 atom stereocenters. The van der Waals surface area contributed by atoms with E-state index >= 15 is 0 Å². The van der Waals surface area contributed by atoms with Crippen molar-refractivity contribution in [2.75, 3.05) is 18.1 Å². The van der Waals surface area contributed by atoms with Gasteiger partial charge in [0.1, 0.15) is 5.60 Å². The van der Waals surface area contributed by atoms with Crippen LogP contribution in [-0.2, 0) is 19.1 Å². The predicted octanol–water partition coefficient (Wildman–Crippen LogP) is 2.01. The molecule has 0 rings (SSSR count). The first kappa shape index (κ1) is 15.3. The van der Waals surface area contributed by atoms with Crippen molar-refractivity contribution >= 4 is 23.7 Å². The van der Waals surface area contributed by atoms with Crippen LogP contribution in [0.4, 0.5) is 0 Å². The highest BCUT2D eigenvalue weighted by Crippen LogP contribution is 2.10. The van der Waals surface area contributed by atoms with E-state index in [9.17, 15) is 9.59 Å². The Morgan fingerprint density at radius 3 is 2.31 bits per heavy atom. The minimum absolute atomic E-state index is 0.233. The molecule has 0 radical (unpaired) electrons. The number of carbonyl (C=O) groups excluding carboxylic acids is 2. The predicted molar refractivity (Wildman–Crippen MR) is 64.4 cm³/mol. The largest absolute Gasteiger partial charge is 0.465 e. The normalized spacial score (nSPS) is 11.0. The number of esters is 2. The third-order valence-electron chi connectivity index (χ3n) is 1.40. The topological polar surface area (TPSA) is 52.6 Å². The van der Waals surface area contributed by atoms with Gasteiger partial charge in [0.15, 0.2) is 0 Å². The first-order valence-corrected chi connectivity index (χ1v) is 6.46. The molecular weight excluding hydrogens is 228 g/mol. The molecule has 0 aliphatic rings. The molecule has 0 spiro atoms. The molecule has 0 aromatic rings. The fourth-order valence-electron chi connectivity index (χ4n) is 0.906. The van der Waals surface area contributed by atoms with E-state index in [1.165, 1.54) is 11.8 Å². The van der Waals surface area contributed by atoms with Crippen LogP contribution in [0, 0.1) is 0 Å². The van der Waals surface area contributed by atoms with Gasteiger partial charge in [-0.15, -0.1) is 11.8 Å². The van der Waals surface area contributed by atoms with Gasteiger partial charge in [-0.2, -0.15) is 0 Å². The molecule has 94 valence electrons. The molecule has 0 amide bonds. The maximum absolute atomic E-state index is 11.3. The number of hydrogen-bond acceptors (Lipinski definition) is 5. The van der Waals surface area contributed by atoms with E-state index in [-0.39, 0.29) is 17.7 Å². The molecule has 0 bridgehead atoms. The smallest absolute Gasteiger partial charge is 0.315 e. The van der Waals surface area contributed by atoms with Gasteiger partial charge in [0.05, 0.1) is 18.8 Å². The number of hydrogen-bond donors (Lipinski definition) is 0. The molecule has 4 nitrogen and oxygen atoms in total. The second-order valence-electron chi connectivity index (χ2n) is 4.19. The molecular formula is C11H20O4S. The third kappa shape index (κ3) is 9.83. The zero-order chi connectivity index (χ0) is 12.6. The molecule has 0 heterocycles. The fraction of sp³-hybridized carbons (Fsp3) is 0.818. The van der Waals surface area contributed by atoms with Crippen molar-refractivity contribution in [1.29, 1.82) is 0 Å². The molecule has 5 heteroatoms. The Balaban J connectivity index is 3.52. The van der Waals surface area contributed by atoms with Crippen molar-refractivity contribution in [1.82, 2.24) is 0 Å². The fourth-order valence-corrected chi connectivity index (χ4v) is 1.61. The van der Waals surface area contributed by atoms with Crippen LogP contribution in [0.1, 0.15) is 34.1 Å². The van der Waals surface area contributed by atoms with Gasteiger partial charge >= 0.3 is 11.9 Å². The van der Waals surface area contributed by atoms with Crippen molar-refractivity contribution in [3.63, 3.8) is 0 Å². The summed E-state index contributed by atoms with van der Waals surface area (Å²) in [6.45, 7) is 7.65. The Bertz CT molecular complexity index is 233. The maximum Gasteiger partial charge on any atom is 0.315 e. The highest BCUT2D eigenvalue weighted by molar-refractivity contribution is 7.99. The van der Waals surface area contributed by atoms with Gasteiger partial charge in [0.2, 0.25) is 0 Å². The van der Waals surface area contributed by atoms with Crippen LogP contribution in [0.3, 0.4) is 0 Å². The maximum atomic E-state index is 11.3. The first-order chi connectivity index (χ1) is 7.35. The molecule has 0 aliphatic heterocycles. The molecule has 0 saturated carbocycles.